The van der Waals surface area contributed by atoms with Gasteiger partial charge >= 0.3 is 0 Å². The van der Waals surface area contributed by atoms with Gasteiger partial charge in [-0.05, 0) is 140 Å². The highest BCUT2D eigenvalue weighted by atomic mass is 28.3. The minimum atomic E-state index is -2.93. The third-order valence-corrected chi connectivity index (χ3v) is 26.7. The van der Waals surface area contributed by atoms with Crippen molar-refractivity contribution >= 4 is 115 Å². The molecule has 2 nitrogen and oxygen atoms in total. The molecule has 354 valence electrons. The van der Waals surface area contributed by atoms with Gasteiger partial charge < -0.3 is 9.80 Å². The number of hydrogen-bond acceptors (Lipinski definition) is 2. The molecule has 75 heavy (non-hydrogen) atoms. The first kappa shape index (κ1) is 40.9. The van der Waals surface area contributed by atoms with Crippen molar-refractivity contribution in [1.82, 2.24) is 0 Å². The van der Waals surface area contributed by atoms with E-state index in [1.807, 2.05) is 0 Å². The van der Waals surface area contributed by atoms with E-state index in [1.54, 1.807) is 0 Å². The Morgan fingerprint density at radius 2 is 0.760 bits per heavy atom. The van der Waals surface area contributed by atoms with E-state index in [1.165, 1.54) is 69.3 Å². The Labute approximate surface area is 447 Å². The van der Waals surface area contributed by atoms with Gasteiger partial charge in [-0.1, -0.05) is 239 Å². The topological polar surface area (TPSA) is 6.48 Å². The van der Waals surface area contributed by atoms with Gasteiger partial charge in [-0.3, -0.25) is 0 Å². The van der Waals surface area contributed by atoms with Crippen molar-refractivity contribution < 1.29 is 4.11 Å². The molecule has 0 aromatic heterocycles. The summed E-state index contributed by atoms with van der Waals surface area (Å²) in [7, 11) is -5.86. The Morgan fingerprint density at radius 1 is 0.360 bits per heavy atom. The molecule has 4 aliphatic rings. The minimum Gasteiger partial charge on any atom is -0.311 e. The van der Waals surface area contributed by atoms with Crippen molar-refractivity contribution in [2.75, 3.05) is 9.80 Å². The number of hydrogen-bond donors (Lipinski definition) is 0. The van der Waals surface area contributed by atoms with Crippen molar-refractivity contribution in [1.29, 1.82) is 0 Å². The van der Waals surface area contributed by atoms with E-state index in [9.17, 15) is 4.11 Å². The van der Waals surface area contributed by atoms with Crippen LogP contribution in [0, 0.1) is 0 Å². The van der Waals surface area contributed by atoms with Crippen LogP contribution in [0.15, 0.2) is 267 Å². The summed E-state index contributed by atoms with van der Waals surface area (Å²) in [6.07, 6.45) is 0. The highest BCUT2D eigenvalue weighted by Gasteiger charge is 2.51. The van der Waals surface area contributed by atoms with Crippen molar-refractivity contribution in [3.8, 4) is 22.3 Å². The van der Waals surface area contributed by atoms with Gasteiger partial charge in [0, 0.05) is 34.1 Å². The molecule has 4 heterocycles. The summed E-state index contributed by atoms with van der Waals surface area (Å²) in [5.74, 6) is 0. The third kappa shape index (κ3) is 6.14. The van der Waals surface area contributed by atoms with Crippen molar-refractivity contribution in [2.45, 2.75) is 26.2 Å². The second kappa shape index (κ2) is 16.5. The lowest BCUT2D eigenvalue weighted by Gasteiger charge is -2.44. The maximum Gasteiger partial charge on any atom is 0.252 e. The quantitative estimate of drug-likeness (QED) is 0.153. The molecule has 0 N–H and O–H groups in total. The van der Waals surface area contributed by atoms with Crippen LogP contribution in [0.1, 0.15) is 30.4 Å². The second-order valence-corrected chi connectivity index (χ2v) is 29.2. The molecule has 15 rings (SSSR count). The Morgan fingerprint density at radius 3 is 1.23 bits per heavy atom. The largest absolute Gasteiger partial charge is 0.311 e. The van der Waals surface area contributed by atoms with Crippen LogP contribution in [0.2, 0.25) is 0 Å². The average molecular weight is 992 g/mol. The molecule has 0 bridgehead atoms. The normalized spacial score (nSPS) is 15.3. The van der Waals surface area contributed by atoms with Gasteiger partial charge in [0.05, 0.1) is 4.11 Å². The van der Waals surface area contributed by atoms with Crippen LogP contribution in [0.25, 0.3) is 22.3 Å². The number of nitrogens with zero attached hydrogens (tertiary/aromatic N) is 2. The van der Waals surface area contributed by atoms with Crippen LogP contribution >= 0.6 is 0 Å². The lowest BCUT2D eigenvalue weighted by atomic mass is 9.33. The zero-order valence-electron chi connectivity index (χ0n) is 45.1. The van der Waals surface area contributed by atoms with E-state index in [4.69, 9.17) is 0 Å². The molecule has 0 atom stereocenters. The molecule has 5 heteroatoms. The molecule has 0 radical (unpaired) electrons. The molecular formula is C70H53BN2Si2. The Bertz CT molecular complexity index is 4160. The van der Waals surface area contributed by atoms with E-state index in [0.717, 1.165) is 39.1 Å². The van der Waals surface area contributed by atoms with Crippen LogP contribution in [0.4, 0.5) is 34.1 Å². The van der Waals surface area contributed by atoms with E-state index < -0.39 is 16.1 Å². The van der Waals surface area contributed by atoms with Gasteiger partial charge in [0.1, 0.15) is 0 Å². The first-order valence-corrected chi connectivity index (χ1v) is 30.3. The molecule has 0 saturated heterocycles. The number of benzene rings is 11. The van der Waals surface area contributed by atoms with E-state index >= 15 is 0 Å². The van der Waals surface area contributed by atoms with E-state index in [2.05, 4.69) is 279 Å². The van der Waals surface area contributed by atoms with Crippen LogP contribution in [0.3, 0.4) is 0 Å². The van der Waals surface area contributed by atoms with Crippen LogP contribution in [0.5, 0.6) is 0 Å². The van der Waals surface area contributed by atoms with Gasteiger partial charge in [0.15, 0.2) is 16.1 Å². The highest BCUT2D eigenvalue weighted by molar-refractivity contribution is 7.23. The SMILES string of the molecule is [2H]c1c([2H])c2c3c(c1[2H])N(c1ccc4c(c1)[Si](c1ccccc1)(c1ccccc1)c1ccccc1-4)c1ccc(C(C)(C)C)cc1B3c1ccccc1N2c1ccc2c(c1)[Si](c1ccccc1)(c1ccccc1)c1ccccc1-2. The van der Waals surface area contributed by atoms with Gasteiger partial charge in [-0.25, -0.2) is 0 Å². The highest BCUT2D eigenvalue weighted by Crippen LogP contribution is 2.46. The summed E-state index contributed by atoms with van der Waals surface area (Å²) in [5.41, 5.74) is 14.3. The van der Waals surface area contributed by atoms with Gasteiger partial charge in [-0.2, -0.15) is 0 Å². The molecule has 0 saturated carbocycles. The monoisotopic (exact) mass is 991 g/mol. The minimum absolute atomic E-state index is 0.0519. The third-order valence-electron chi connectivity index (χ3n) is 16.9. The van der Waals surface area contributed by atoms with Gasteiger partial charge in [0.25, 0.3) is 6.71 Å². The standard InChI is InChI=1S/C70H53BN2Si2/c1-70(2,3)48-39-44-62-60(45-48)71-59-33-18-19-34-61(59)72(49-40-42-57-55-31-16-20-37-65(55)74(67(57)46-49,51-23-8-4-9-24-51)52-25-10-5-11-26-52)63-35-22-36-64(69(63)71)73(62)50-41-43-58-56-32-17-21-38-66(56)75(68(58)47-50,53-27-12-6-13-28-53)54-29-14-7-15-30-54/h4-47H,1-3H3/i22D,35D,36D. The van der Waals surface area contributed by atoms with Gasteiger partial charge in [-0.15, -0.1) is 0 Å². The summed E-state index contributed by atoms with van der Waals surface area (Å²) < 4.78 is 30.6. The number of fused-ring (bicyclic) bond motifs is 10. The summed E-state index contributed by atoms with van der Waals surface area (Å²) in [5, 5.41) is 10.6. The lowest BCUT2D eigenvalue weighted by Crippen LogP contribution is -2.72. The average Bonchev–Trinajstić information content (AvgIpc) is 2.61. The summed E-state index contributed by atoms with van der Waals surface area (Å²) >= 11 is 0. The summed E-state index contributed by atoms with van der Waals surface area (Å²) in [4.78, 5) is 4.57. The van der Waals surface area contributed by atoms with Crippen molar-refractivity contribution in [2.24, 2.45) is 0 Å². The molecule has 4 aliphatic heterocycles. The lowest BCUT2D eigenvalue weighted by molar-refractivity contribution is 0.591. The summed E-state index contributed by atoms with van der Waals surface area (Å²) in [6.45, 7) is 6.50. The van der Waals surface area contributed by atoms with Gasteiger partial charge in [0.2, 0.25) is 0 Å². The van der Waals surface area contributed by atoms with Crippen molar-refractivity contribution in [3.63, 3.8) is 0 Å². The van der Waals surface area contributed by atoms with Crippen molar-refractivity contribution in [3.05, 3.63) is 272 Å². The van der Waals surface area contributed by atoms with Crippen LogP contribution in [-0.4, -0.2) is 22.9 Å². The number of rotatable bonds is 6. The zero-order chi connectivity index (χ0) is 52.7. The van der Waals surface area contributed by atoms with Crippen LogP contribution < -0.4 is 67.7 Å². The predicted molar refractivity (Wildman–Crippen MR) is 324 cm³/mol. The fourth-order valence-corrected chi connectivity index (χ4v) is 24.2. The molecule has 0 aliphatic carbocycles. The first-order valence-electron chi connectivity index (χ1n) is 27.8. The Hall–Kier alpha value is -8.48. The van der Waals surface area contributed by atoms with E-state index in [-0.39, 0.29) is 30.3 Å². The fraction of sp³-hybridized carbons (Fsp3) is 0.0571. The molecule has 0 amide bonds. The van der Waals surface area contributed by atoms with E-state index in [0.29, 0.717) is 11.4 Å². The molecule has 11 aromatic carbocycles. The Kier molecular flexibility index (Phi) is 9.01. The zero-order valence-corrected chi connectivity index (χ0v) is 44.1. The molecule has 0 spiro atoms. The molecule has 0 unspecified atom stereocenters. The number of para-hydroxylation sites is 1. The smallest absolute Gasteiger partial charge is 0.252 e. The first-order chi connectivity index (χ1) is 38.1. The molecule has 0 fully saturated rings. The maximum absolute atomic E-state index is 10.3. The Balaban J connectivity index is 1.02. The summed E-state index contributed by atoms with van der Waals surface area (Å²) in [6, 6.07) is 92.0. The number of anilines is 6. The molecule has 11 aromatic rings. The second-order valence-electron chi connectivity index (χ2n) is 21.7. The van der Waals surface area contributed by atoms with Crippen LogP contribution in [-0.2, 0) is 5.41 Å². The maximum atomic E-state index is 10.3. The predicted octanol–water partition coefficient (Wildman–Crippen LogP) is 9.78. The fourth-order valence-electron chi connectivity index (χ4n) is 13.8. The molecular weight excluding hydrogens is 936 g/mol.